The zero-order valence-electron chi connectivity index (χ0n) is 14.4. The molecule has 0 saturated heterocycles. The van der Waals surface area contributed by atoms with Gasteiger partial charge in [0.2, 0.25) is 11.8 Å². The summed E-state index contributed by atoms with van der Waals surface area (Å²) in [5.74, 6) is 0.531. The molecule has 1 heterocycles. The minimum Gasteiger partial charge on any atom is -0.489 e. The molecule has 1 aliphatic rings. The van der Waals surface area contributed by atoms with Gasteiger partial charge in [0.1, 0.15) is 6.04 Å². The first-order valence-electron chi connectivity index (χ1n) is 8.36. The van der Waals surface area contributed by atoms with Crippen LogP contribution in [-0.4, -0.2) is 37.6 Å². The monoisotopic (exact) mass is 366 g/mol. The maximum atomic E-state index is 12.0. The molecule has 1 aromatic carbocycles. The molecule has 0 aliphatic carbocycles. The van der Waals surface area contributed by atoms with E-state index < -0.39 is 6.04 Å². The Hall–Kier alpha value is -2.21. The first-order valence-corrected chi connectivity index (χ1v) is 8.74. The maximum absolute atomic E-state index is 12.0. The Morgan fingerprint density at radius 1 is 1.32 bits per heavy atom. The van der Waals surface area contributed by atoms with E-state index in [4.69, 9.17) is 21.1 Å². The zero-order valence-corrected chi connectivity index (χ0v) is 15.2. The van der Waals surface area contributed by atoms with Gasteiger partial charge in [0.05, 0.1) is 18.2 Å². The van der Waals surface area contributed by atoms with Crippen LogP contribution < -0.4 is 20.1 Å². The van der Waals surface area contributed by atoms with E-state index in [1.165, 1.54) is 6.08 Å². The highest BCUT2D eigenvalue weighted by atomic mass is 35.5. The fourth-order valence-corrected chi connectivity index (χ4v) is 2.52. The van der Waals surface area contributed by atoms with Crippen LogP contribution in [0, 0.1) is 0 Å². The van der Waals surface area contributed by atoms with Crippen molar-refractivity contribution < 1.29 is 19.1 Å². The van der Waals surface area contributed by atoms with Crippen molar-refractivity contribution in [1.29, 1.82) is 0 Å². The van der Waals surface area contributed by atoms with Crippen molar-refractivity contribution in [3.63, 3.8) is 0 Å². The van der Waals surface area contributed by atoms with Gasteiger partial charge in [-0.15, -0.1) is 0 Å². The summed E-state index contributed by atoms with van der Waals surface area (Å²) in [6, 6.07) is 2.88. The lowest BCUT2D eigenvalue weighted by atomic mass is 10.2. The molecule has 1 aliphatic heterocycles. The number of fused-ring (bicyclic) bond motifs is 1. The van der Waals surface area contributed by atoms with Crippen LogP contribution in [0.2, 0.25) is 5.02 Å². The predicted octanol–water partition coefficient (Wildman–Crippen LogP) is 2.55. The minimum atomic E-state index is -0.601. The van der Waals surface area contributed by atoms with Crippen LogP contribution in [0.3, 0.4) is 0 Å². The van der Waals surface area contributed by atoms with Crippen molar-refractivity contribution in [2.75, 3.05) is 19.8 Å². The van der Waals surface area contributed by atoms with Crippen LogP contribution in [0.1, 0.15) is 32.3 Å². The van der Waals surface area contributed by atoms with Crippen molar-refractivity contribution in [3.05, 3.63) is 28.8 Å². The maximum Gasteiger partial charge on any atom is 0.244 e. The number of hydrogen-bond donors (Lipinski definition) is 2. The number of carbonyl (C=O) groups excluding carboxylic acids is 2. The molecule has 7 heteroatoms. The molecule has 0 unspecified atom stereocenters. The minimum absolute atomic E-state index is 0.206. The third kappa shape index (κ3) is 5.67. The number of nitrogens with one attached hydrogen (secondary N) is 2. The summed E-state index contributed by atoms with van der Waals surface area (Å²) in [5.41, 5.74) is 0.715. The van der Waals surface area contributed by atoms with Gasteiger partial charge in [0.25, 0.3) is 0 Å². The second-order valence-corrected chi connectivity index (χ2v) is 6.14. The molecule has 2 amide bonds. The quantitative estimate of drug-likeness (QED) is 0.758. The van der Waals surface area contributed by atoms with Gasteiger partial charge in [-0.05, 0) is 37.1 Å². The van der Waals surface area contributed by atoms with Gasteiger partial charge in [-0.25, -0.2) is 0 Å². The summed E-state index contributed by atoms with van der Waals surface area (Å²) in [5, 5.41) is 5.79. The van der Waals surface area contributed by atoms with E-state index in [0.29, 0.717) is 41.8 Å². The van der Waals surface area contributed by atoms with Gasteiger partial charge in [0, 0.05) is 19.0 Å². The lowest BCUT2D eigenvalue weighted by Crippen LogP contribution is -2.44. The molecular formula is C18H23ClN2O4. The van der Waals surface area contributed by atoms with Crippen molar-refractivity contribution in [2.45, 2.75) is 32.7 Å². The van der Waals surface area contributed by atoms with Crippen molar-refractivity contribution in [2.24, 2.45) is 0 Å². The molecule has 0 saturated carbocycles. The summed E-state index contributed by atoms with van der Waals surface area (Å²) in [6.45, 7) is 5.31. The average molecular weight is 367 g/mol. The molecule has 2 N–H and O–H groups in total. The highest BCUT2D eigenvalue weighted by molar-refractivity contribution is 6.32. The van der Waals surface area contributed by atoms with Gasteiger partial charge in [-0.3, -0.25) is 9.59 Å². The third-order valence-corrected chi connectivity index (χ3v) is 3.83. The van der Waals surface area contributed by atoms with Gasteiger partial charge < -0.3 is 20.1 Å². The summed E-state index contributed by atoms with van der Waals surface area (Å²) in [6.07, 6.45) is 4.61. The van der Waals surface area contributed by atoms with E-state index in [0.717, 1.165) is 12.8 Å². The van der Waals surface area contributed by atoms with Crippen LogP contribution in [-0.2, 0) is 9.59 Å². The largest absolute Gasteiger partial charge is 0.489 e. The molecule has 6 nitrogen and oxygen atoms in total. The Morgan fingerprint density at radius 3 is 2.84 bits per heavy atom. The molecular weight excluding hydrogens is 344 g/mol. The summed E-state index contributed by atoms with van der Waals surface area (Å²) in [7, 11) is 0. The van der Waals surface area contributed by atoms with Crippen LogP contribution in [0.5, 0.6) is 11.5 Å². The Labute approximate surface area is 152 Å². The van der Waals surface area contributed by atoms with Crippen LogP contribution in [0.25, 0.3) is 6.08 Å². The third-order valence-electron chi connectivity index (χ3n) is 3.55. The fourth-order valence-electron chi connectivity index (χ4n) is 2.25. The molecule has 0 bridgehead atoms. The van der Waals surface area contributed by atoms with Gasteiger partial charge >= 0.3 is 0 Å². The summed E-state index contributed by atoms with van der Waals surface area (Å²) >= 11 is 6.22. The number of rotatable bonds is 6. The van der Waals surface area contributed by atoms with E-state index >= 15 is 0 Å². The number of carbonyl (C=O) groups is 2. The lowest BCUT2D eigenvalue weighted by molar-refractivity contribution is -0.126. The van der Waals surface area contributed by atoms with Crippen molar-refractivity contribution >= 4 is 29.5 Å². The number of halogens is 1. The molecule has 0 radical (unpaired) electrons. The molecule has 1 atom stereocenters. The normalized spacial score (nSPS) is 14.7. The van der Waals surface area contributed by atoms with Gasteiger partial charge in [0.15, 0.2) is 11.5 Å². The first kappa shape index (κ1) is 19.1. The molecule has 1 aromatic rings. The molecule has 0 fully saturated rings. The smallest absolute Gasteiger partial charge is 0.244 e. The Kier molecular flexibility index (Phi) is 7.13. The summed E-state index contributed by atoms with van der Waals surface area (Å²) in [4.78, 5) is 23.7. The van der Waals surface area contributed by atoms with E-state index in [2.05, 4.69) is 10.6 Å². The fraction of sp³-hybridized carbons (Fsp3) is 0.444. The standard InChI is InChI=1S/C18H23ClN2O4/c1-3-7-20-18(23)12(2)21-16(22)6-5-13-10-14(19)17-15(11-13)24-8-4-9-25-17/h5-6,10-12H,3-4,7-9H2,1-2H3,(H,20,23)(H,21,22)/b6-5+/t12-/m0/s1. The van der Waals surface area contributed by atoms with Gasteiger partial charge in [-0.2, -0.15) is 0 Å². The molecule has 2 rings (SSSR count). The average Bonchev–Trinajstić information content (AvgIpc) is 2.83. The number of benzene rings is 1. The predicted molar refractivity (Wildman–Crippen MR) is 97.0 cm³/mol. The molecule has 136 valence electrons. The highest BCUT2D eigenvalue weighted by Gasteiger charge is 2.16. The van der Waals surface area contributed by atoms with Crippen LogP contribution in [0.15, 0.2) is 18.2 Å². The second kappa shape index (κ2) is 9.32. The lowest BCUT2D eigenvalue weighted by Gasteiger charge is -2.12. The van der Waals surface area contributed by atoms with E-state index in [1.807, 2.05) is 6.92 Å². The van der Waals surface area contributed by atoms with E-state index in [1.54, 1.807) is 25.1 Å². The topological polar surface area (TPSA) is 76.7 Å². The zero-order chi connectivity index (χ0) is 18.2. The number of amides is 2. The molecule has 25 heavy (non-hydrogen) atoms. The van der Waals surface area contributed by atoms with Crippen molar-refractivity contribution in [1.82, 2.24) is 10.6 Å². The number of hydrogen-bond acceptors (Lipinski definition) is 4. The van der Waals surface area contributed by atoms with Gasteiger partial charge in [-0.1, -0.05) is 18.5 Å². The van der Waals surface area contributed by atoms with Crippen LogP contribution >= 0.6 is 11.6 Å². The Morgan fingerprint density at radius 2 is 2.08 bits per heavy atom. The number of ether oxygens (including phenoxy) is 2. The summed E-state index contributed by atoms with van der Waals surface area (Å²) < 4.78 is 11.2. The molecule has 0 aromatic heterocycles. The van der Waals surface area contributed by atoms with Crippen LogP contribution in [0.4, 0.5) is 0 Å². The van der Waals surface area contributed by atoms with E-state index in [9.17, 15) is 9.59 Å². The molecule has 0 spiro atoms. The highest BCUT2D eigenvalue weighted by Crippen LogP contribution is 2.38. The SMILES string of the molecule is CCCNC(=O)[C@H](C)NC(=O)/C=C/c1cc(Cl)c2c(c1)OCCCO2. The first-order chi connectivity index (χ1) is 12.0. The van der Waals surface area contributed by atoms with Crippen molar-refractivity contribution in [3.8, 4) is 11.5 Å². The second-order valence-electron chi connectivity index (χ2n) is 5.74. The van der Waals surface area contributed by atoms with E-state index in [-0.39, 0.29) is 11.8 Å². The Bertz CT molecular complexity index is 661. The Balaban J connectivity index is 1.99.